The molecule has 0 aromatic heterocycles. The van der Waals surface area contributed by atoms with Gasteiger partial charge in [-0.15, -0.1) is 0 Å². The summed E-state index contributed by atoms with van der Waals surface area (Å²) >= 11 is 1.35. The molecule has 3 rings (SSSR count). The molecule has 0 saturated carbocycles. The molecule has 2 amide bonds. The second-order valence-electron chi connectivity index (χ2n) is 6.16. The first-order chi connectivity index (χ1) is 13.6. The average molecular weight is 399 g/mol. The Balaban J connectivity index is 1.72. The first-order valence-corrected chi connectivity index (χ1v) is 10.2. The third-order valence-corrected chi connectivity index (χ3v) is 5.28. The van der Waals surface area contributed by atoms with Crippen molar-refractivity contribution in [1.82, 2.24) is 0 Å². The minimum Gasteiger partial charge on any atom is -0.494 e. The molecule has 1 heterocycles. The van der Waals surface area contributed by atoms with E-state index >= 15 is 0 Å². The van der Waals surface area contributed by atoms with Gasteiger partial charge in [-0.3, -0.25) is 14.6 Å². The molecule has 0 aliphatic carbocycles. The second-order valence-corrected chi connectivity index (χ2v) is 7.37. The molecule has 28 heavy (non-hydrogen) atoms. The standard InChI is InChI=1S/C21H23N3O3S/c1-3-22-21(23-15-8-6-5-7-9-15)28-18-14-19(25)24(20(18)26)16-10-12-17(13-11-16)27-4-2/h5-13,18H,3-4,14H2,1-2H3,(H,22,23)/p+1. The van der Waals surface area contributed by atoms with Crippen molar-refractivity contribution in [2.24, 2.45) is 0 Å². The highest BCUT2D eigenvalue weighted by molar-refractivity contribution is 8.15. The van der Waals surface area contributed by atoms with Gasteiger partial charge in [0, 0.05) is 6.42 Å². The fourth-order valence-electron chi connectivity index (χ4n) is 2.90. The van der Waals surface area contributed by atoms with Crippen LogP contribution in [0.4, 0.5) is 11.4 Å². The number of hydrogen-bond donors (Lipinski definition) is 2. The molecule has 146 valence electrons. The molecule has 6 nitrogen and oxygen atoms in total. The fourth-order valence-corrected chi connectivity index (χ4v) is 4.02. The summed E-state index contributed by atoms with van der Waals surface area (Å²) in [5.74, 6) is 0.317. The summed E-state index contributed by atoms with van der Waals surface area (Å²) in [6.07, 6.45) is 0.169. The monoisotopic (exact) mass is 398 g/mol. The molecule has 7 heteroatoms. The van der Waals surface area contributed by atoms with E-state index < -0.39 is 5.25 Å². The number of para-hydroxylation sites is 1. The molecule has 0 radical (unpaired) electrons. The summed E-state index contributed by atoms with van der Waals surface area (Å²) in [4.78, 5) is 29.9. The van der Waals surface area contributed by atoms with E-state index in [1.165, 1.54) is 16.7 Å². The summed E-state index contributed by atoms with van der Waals surface area (Å²) in [5, 5.41) is 3.58. The van der Waals surface area contributed by atoms with Crippen molar-refractivity contribution >= 4 is 40.1 Å². The van der Waals surface area contributed by atoms with Gasteiger partial charge >= 0.3 is 5.17 Å². The third-order valence-electron chi connectivity index (χ3n) is 4.14. The molecule has 1 atom stereocenters. The van der Waals surface area contributed by atoms with E-state index in [2.05, 4.69) is 10.3 Å². The van der Waals surface area contributed by atoms with Crippen LogP contribution in [-0.2, 0) is 9.59 Å². The van der Waals surface area contributed by atoms with Crippen LogP contribution in [0.1, 0.15) is 20.3 Å². The van der Waals surface area contributed by atoms with Crippen LogP contribution in [0.3, 0.4) is 0 Å². The van der Waals surface area contributed by atoms with Crippen LogP contribution >= 0.6 is 11.8 Å². The summed E-state index contributed by atoms with van der Waals surface area (Å²) in [7, 11) is 0. The van der Waals surface area contributed by atoms with Gasteiger partial charge in [-0.05, 0) is 62.0 Å². The third kappa shape index (κ3) is 4.72. The van der Waals surface area contributed by atoms with Crippen molar-refractivity contribution in [2.45, 2.75) is 25.5 Å². The molecule has 1 aliphatic heterocycles. The lowest BCUT2D eigenvalue weighted by Crippen LogP contribution is -2.73. The van der Waals surface area contributed by atoms with Crippen LogP contribution in [0, 0.1) is 0 Å². The maximum absolute atomic E-state index is 12.9. The van der Waals surface area contributed by atoms with Crippen molar-refractivity contribution in [1.29, 1.82) is 0 Å². The molecule has 2 aromatic carbocycles. The Morgan fingerprint density at radius 3 is 2.50 bits per heavy atom. The SMILES string of the molecule is CC[NH+]=C(Nc1ccccc1)SC1CC(=O)N(c2ccc(OCC)cc2)C1=O. The summed E-state index contributed by atoms with van der Waals surface area (Å²) in [6, 6.07) is 16.7. The number of carbonyl (C=O) groups excluding carboxylic acids is 2. The Kier molecular flexibility index (Phi) is 6.71. The van der Waals surface area contributed by atoms with E-state index in [0.29, 0.717) is 24.6 Å². The van der Waals surface area contributed by atoms with Crippen LogP contribution in [0.2, 0.25) is 0 Å². The number of benzene rings is 2. The molecule has 1 saturated heterocycles. The van der Waals surface area contributed by atoms with Gasteiger partial charge in [0.1, 0.15) is 16.7 Å². The molecule has 0 bridgehead atoms. The van der Waals surface area contributed by atoms with Gasteiger partial charge in [-0.2, -0.15) is 0 Å². The molecule has 2 N–H and O–H groups in total. The zero-order valence-corrected chi connectivity index (χ0v) is 16.8. The first-order valence-electron chi connectivity index (χ1n) is 9.31. The highest BCUT2D eigenvalue weighted by Gasteiger charge is 2.41. The normalized spacial score (nSPS) is 17.1. The van der Waals surface area contributed by atoms with Crippen LogP contribution in [0.15, 0.2) is 54.6 Å². The molecular weight excluding hydrogens is 374 g/mol. The van der Waals surface area contributed by atoms with Gasteiger partial charge in [0.2, 0.25) is 11.8 Å². The van der Waals surface area contributed by atoms with E-state index in [9.17, 15) is 9.59 Å². The number of amides is 2. The Bertz CT molecular complexity index is 853. The molecule has 1 aliphatic rings. The Hall–Kier alpha value is -2.80. The van der Waals surface area contributed by atoms with Crippen LogP contribution in [0.25, 0.3) is 0 Å². The second kappa shape index (κ2) is 9.41. The van der Waals surface area contributed by atoms with Crippen LogP contribution < -0.4 is 19.9 Å². The molecular formula is C21H24N3O3S+. The van der Waals surface area contributed by atoms with E-state index in [1.54, 1.807) is 24.3 Å². The number of carbonyl (C=O) groups is 2. The number of nitrogens with one attached hydrogen (secondary N) is 2. The fraction of sp³-hybridized carbons (Fsp3) is 0.286. The van der Waals surface area contributed by atoms with Gasteiger partial charge in [0.15, 0.2) is 0 Å². The zero-order valence-electron chi connectivity index (χ0n) is 16.0. The molecule has 1 unspecified atom stereocenters. The van der Waals surface area contributed by atoms with Crippen LogP contribution in [-0.4, -0.2) is 35.4 Å². The number of nitrogens with zero attached hydrogens (tertiary/aromatic N) is 1. The maximum atomic E-state index is 12.9. The number of hydrogen-bond acceptors (Lipinski definition) is 4. The average Bonchev–Trinajstić information content (AvgIpc) is 2.97. The Labute approximate surface area is 169 Å². The largest absolute Gasteiger partial charge is 0.494 e. The highest BCUT2D eigenvalue weighted by Crippen LogP contribution is 2.31. The van der Waals surface area contributed by atoms with E-state index in [-0.39, 0.29) is 18.2 Å². The van der Waals surface area contributed by atoms with Gasteiger partial charge in [0.25, 0.3) is 0 Å². The van der Waals surface area contributed by atoms with Gasteiger partial charge in [0.05, 0.1) is 18.8 Å². The summed E-state index contributed by atoms with van der Waals surface area (Å²) < 4.78 is 5.42. The van der Waals surface area contributed by atoms with Crippen molar-refractivity contribution in [3.8, 4) is 5.75 Å². The predicted octanol–water partition coefficient (Wildman–Crippen LogP) is 2.02. The minimum absolute atomic E-state index is 0.169. The molecule has 1 fully saturated rings. The van der Waals surface area contributed by atoms with E-state index in [0.717, 1.165) is 10.9 Å². The minimum atomic E-state index is -0.468. The highest BCUT2D eigenvalue weighted by atomic mass is 32.2. The van der Waals surface area contributed by atoms with Crippen molar-refractivity contribution in [2.75, 3.05) is 23.4 Å². The Morgan fingerprint density at radius 2 is 1.86 bits per heavy atom. The predicted molar refractivity (Wildman–Crippen MR) is 113 cm³/mol. The summed E-state index contributed by atoms with van der Waals surface area (Å²) in [5.41, 5.74) is 1.49. The van der Waals surface area contributed by atoms with Crippen LogP contribution in [0.5, 0.6) is 5.75 Å². The number of amidine groups is 1. The van der Waals surface area contributed by atoms with Gasteiger partial charge < -0.3 is 4.74 Å². The topological polar surface area (TPSA) is 72.6 Å². The lowest BCUT2D eigenvalue weighted by molar-refractivity contribution is -0.449. The zero-order chi connectivity index (χ0) is 19.9. The van der Waals surface area contributed by atoms with Gasteiger partial charge in [-0.1, -0.05) is 18.2 Å². The number of thioether (sulfide) groups is 1. The molecule has 0 spiro atoms. The van der Waals surface area contributed by atoms with Crippen molar-refractivity contribution < 1.29 is 19.3 Å². The number of rotatable bonds is 6. The number of ether oxygens (including phenoxy) is 1. The quantitative estimate of drug-likeness (QED) is 0.443. The Morgan fingerprint density at radius 1 is 1.14 bits per heavy atom. The maximum Gasteiger partial charge on any atom is 0.309 e. The van der Waals surface area contributed by atoms with Crippen molar-refractivity contribution in [3.05, 3.63) is 54.6 Å². The molecule has 2 aromatic rings. The summed E-state index contributed by atoms with van der Waals surface area (Å²) in [6.45, 7) is 5.17. The van der Waals surface area contributed by atoms with E-state index in [4.69, 9.17) is 4.74 Å². The van der Waals surface area contributed by atoms with Crippen molar-refractivity contribution in [3.63, 3.8) is 0 Å². The van der Waals surface area contributed by atoms with Gasteiger partial charge in [-0.25, -0.2) is 10.2 Å². The lowest BCUT2D eigenvalue weighted by atomic mass is 10.3. The van der Waals surface area contributed by atoms with E-state index in [1.807, 2.05) is 44.2 Å². The lowest BCUT2D eigenvalue weighted by Gasteiger charge is -2.15. The number of imide groups is 1. The number of anilines is 2. The smallest absolute Gasteiger partial charge is 0.309 e. The first kappa shape index (κ1) is 19.9.